The fourth-order valence-corrected chi connectivity index (χ4v) is 4.32. The van der Waals surface area contributed by atoms with E-state index in [-0.39, 0.29) is 17.7 Å². The maximum absolute atomic E-state index is 13.0. The van der Waals surface area contributed by atoms with Crippen LogP contribution in [-0.2, 0) is 11.3 Å². The van der Waals surface area contributed by atoms with E-state index in [1.165, 1.54) is 11.3 Å². The Morgan fingerprint density at radius 2 is 1.93 bits per heavy atom. The summed E-state index contributed by atoms with van der Waals surface area (Å²) in [6.07, 6.45) is 2.84. The molecule has 2 aromatic carbocycles. The molecule has 0 aliphatic heterocycles. The molecule has 6 heteroatoms. The van der Waals surface area contributed by atoms with E-state index in [2.05, 4.69) is 30.4 Å². The number of thiophene rings is 1. The number of rotatable bonds is 8. The van der Waals surface area contributed by atoms with Crippen LogP contribution in [0.15, 0.2) is 48.5 Å². The number of carbonyl (C=O) groups excluding carboxylic acids is 2. The zero-order valence-electron chi connectivity index (χ0n) is 17.3. The summed E-state index contributed by atoms with van der Waals surface area (Å²) in [4.78, 5) is 27.3. The van der Waals surface area contributed by atoms with Crippen molar-refractivity contribution in [1.82, 2.24) is 4.90 Å². The van der Waals surface area contributed by atoms with Crippen molar-refractivity contribution in [2.45, 2.75) is 32.7 Å². The van der Waals surface area contributed by atoms with E-state index in [1.807, 2.05) is 18.2 Å². The highest BCUT2D eigenvalue weighted by molar-refractivity contribution is 7.18. The van der Waals surface area contributed by atoms with Crippen LogP contribution in [0, 0.1) is 5.92 Å². The highest BCUT2D eigenvalue weighted by Crippen LogP contribution is 2.33. The predicted molar refractivity (Wildman–Crippen MR) is 121 cm³/mol. The third-order valence-electron chi connectivity index (χ3n) is 5.21. The second-order valence-electron chi connectivity index (χ2n) is 7.70. The van der Waals surface area contributed by atoms with Crippen molar-refractivity contribution in [2.75, 3.05) is 19.0 Å². The molecular formula is C24H26N2O3S. The maximum Gasteiger partial charge on any atom is 0.264 e. The first-order valence-corrected chi connectivity index (χ1v) is 11.2. The van der Waals surface area contributed by atoms with Gasteiger partial charge in [0.1, 0.15) is 5.75 Å². The van der Waals surface area contributed by atoms with Crippen LogP contribution in [0.4, 0.5) is 5.00 Å². The standard InChI is InChI=1S/C24H26N2O3S/c1-3-14-29-20-11-10-16-6-4-5-7-18(16)19(20)15-26(2)24(28)21-12-13-22(30-21)25-23(27)17-8-9-17/h4-7,10-13,17H,3,8-9,14-15H2,1-2H3,(H,25,27). The van der Waals surface area contributed by atoms with Crippen LogP contribution < -0.4 is 10.1 Å². The van der Waals surface area contributed by atoms with Crippen molar-refractivity contribution in [2.24, 2.45) is 5.92 Å². The summed E-state index contributed by atoms with van der Waals surface area (Å²) in [6, 6.07) is 15.8. The maximum atomic E-state index is 13.0. The number of anilines is 1. The van der Waals surface area contributed by atoms with E-state index in [0.717, 1.165) is 46.3 Å². The fraction of sp³-hybridized carbons (Fsp3) is 0.333. The topological polar surface area (TPSA) is 58.6 Å². The zero-order chi connectivity index (χ0) is 21.1. The van der Waals surface area contributed by atoms with Crippen molar-refractivity contribution in [3.63, 3.8) is 0 Å². The van der Waals surface area contributed by atoms with E-state index in [9.17, 15) is 9.59 Å². The molecule has 1 fully saturated rings. The molecule has 0 bridgehead atoms. The average molecular weight is 423 g/mol. The number of ether oxygens (including phenoxy) is 1. The van der Waals surface area contributed by atoms with Crippen LogP contribution in [-0.4, -0.2) is 30.4 Å². The van der Waals surface area contributed by atoms with Crippen molar-refractivity contribution in [3.8, 4) is 5.75 Å². The summed E-state index contributed by atoms with van der Waals surface area (Å²) in [6.45, 7) is 3.16. The normalized spacial score (nSPS) is 13.3. The Bertz CT molecular complexity index is 1070. The van der Waals surface area contributed by atoms with E-state index < -0.39 is 0 Å². The first-order chi connectivity index (χ1) is 14.6. The molecule has 1 saturated carbocycles. The number of carbonyl (C=O) groups is 2. The Morgan fingerprint density at radius 1 is 1.13 bits per heavy atom. The zero-order valence-corrected chi connectivity index (χ0v) is 18.1. The van der Waals surface area contributed by atoms with Gasteiger partial charge in [-0.25, -0.2) is 0 Å². The molecule has 0 radical (unpaired) electrons. The van der Waals surface area contributed by atoms with E-state index in [1.54, 1.807) is 24.1 Å². The number of hydrogen-bond donors (Lipinski definition) is 1. The Hall–Kier alpha value is -2.86. The third-order valence-corrected chi connectivity index (χ3v) is 6.20. The van der Waals surface area contributed by atoms with Crippen molar-refractivity contribution >= 4 is 38.9 Å². The van der Waals surface area contributed by atoms with Gasteiger partial charge in [0, 0.05) is 25.1 Å². The molecule has 0 saturated heterocycles. The van der Waals surface area contributed by atoms with Crippen LogP contribution in [0.2, 0.25) is 0 Å². The van der Waals surface area contributed by atoms with Gasteiger partial charge < -0.3 is 15.0 Å². The summed E-state index contributed by atoms with van der Waals surface area (Å²) in [7, 11) is 1.80. The van der Waals surface area contributed by atoms with Gasteiger partial charge in [-0.2, -0.15) is 0 Å². The smallest absolute Gasteiger partial charge is 0.264 e. The number of fused-ring (bicyclic) bond motifs is 1. The van der Waals surface area contributed by atoms with Gasteiger partial charge in [-0.15, -0.1) is 11.3 Å². The van der Waals surface area contributed by atoms with Gasteiger partial charge >= 0.3 is 0 Å². The number of hydrogen-bond acceptors (Lipinski definition) is 4. The largest absolute Gasteiger partial charge is 0.493 e. The summed E-state index contributed by atoms with van der Waals surface area (Å²) in [5.41, 5.74) is 1.01. The molecule has 30 heavy (non-hydrogen) atoms. The van der Waals surface area contributed by atoms with Gasteiger partial charge in [0.15, 0.2) is 0 Å². The van der Waals surface area contributed by atoms with Gasteiger partial charge in [0.05, 0.1) is 16.5 Å². The van der Waals surface area contributed by atoms with Crippen LogP contribution >= 0.6 is 11.3 Å². The summed E-state index contributed by atoms with van der Waals surface area (Å²) >= 11 is 1.32. The molecule has 0 atom stereocenters. The minimum Gasteiger partial charge on any atom is -0.493 e. The minimum atomic E-state index is -0.0682. The molecule has 1 heterocycles. The molecule has 0 unspecified atom stereocenters. The first-order valence-electron chi connectivity index (χ1n) is 10.4. The lowest BCUT2D eigenvalue weighted by Crippen LogP contribution is -2.25. The van der Waals surface area contributed by atoms with Crippen LogP contribution in [0.1, 0.15) is 41.4 Å². The fourth-order valence-electron chi connectivity index (χ4n) is 3.41. The summed E-state index contributed by atoms with van der Waals surface area (Å²) in [5.74, 6) is 0.944. The molecular weight excluding hydrogens is 396 g/mol. The lowest BCUT2D eigenvalue weighted by molar-refractivity contribution is -0.117. The summed E-state index contributed by atoms with van der Waals surface area (Å²) in [5, 5.41) is 5.85. The predicted octanol–water partition coefficient (Wildman–Crippen LogP) is 5.31. The number of nitrogens with one attached hydrogen (secondary N) is 1. The molecule has 3 aromatic rings. The monoisotopic (exact) mass is 422 g/mol. The van der Waals surface area contributed by atoms with Gasteiger partial charge in [0.25, 0.3) is 5.91 Å². The van der Waals surface area contributed by atoms with Crippen molar-refractivity contribution in [1.29, 1.82) is 0 Å². The summed E-state index contributed by atoms with van der Waals surface area (Å²) < 4.78 is 5.97. The molecule has 1 N–H and O–H groups in total. The molecule has 1 aromatic heterocycles. The van der Waals surface area contributed by atoms with Gasteiger partial charge in [-0.05, 0) is 48.2 Å². The third kappa shape index (κ3) is 4.49. The van der Waals surface area contributed by atoms with E-state index >= 15 is 0 Å². The molecule has 4 rings (SSSR count). The number of benzene rings is 2. The minimum absolute atomic E-state index is 0.0534. The van der Waals surface area contributed by atoms with Gasteiger partial charge in [-0.3, -0.25) is 9.59 Å². The molecule has 5 nitrogen and oxygen atoms in total. The van der Waals surface area contributed by atoms with Gasteiger partial charge in [-0.1, -0.05) is 37.3 Å². The Labute approximate surface area is 180 Å². The molecule has 1 aliphatic rings. The van der Waals surface area contributed by atoms with Crippen LogP contribution in [0.5, 0.6) is 5.75 Å². The second kappa shape index (κ2) is 8.88. The van der Waals surface area contributed by atoms with Crippen molar-refractivity contribution in [3.05, 3.63) is 59.0 Å². The molecule has 2 amide bonds. The quantitative estimate of drug-likeness (QED) is 0.535. The van der Waals surface area contributed by atoms with Gasteiger partial charge in [0.2, 0.25) is 5.91 Å². The number of amides is 2. The molecule has 1 aliphatic carbocycles. The van der Waals surface area contributed by atoms with Crippen LogP contribution in [0.25, 0.3) is 10.8 Å². The Balaban J connectivity index is 1.53. The highest BCUT2D eigenvalue weighted by Gasteiger charge is 2.30. The Kier molecular flexibility index (Phi) is 6.04. The molecule has 0 spiro atoms. The van der Waals surface area contributed by atoms with Crippen molar-refractivity contribution < 1.29 is 14.3 Å². The highest BCUT2D eigenvalue weighted by atomic mass is 32.1. The Morgan fingerprint density at radius 3 is 2.70 bits per heavy atom. The average Bonchev–Trinajstić information content (AvgIpc) is 3.52. The van der Waals surface area contributed by atoms with E-state index in [0.29, 0.717) is 18.0 Å². The lowest BCUT2D eigenvalue weighted by Gasteiger charge is -2.20. The first kappa shape index (κ1) is 20.4. The lowest BCUT2D eigenvalue weighted by atomic mass is 10.0. The van der Waals surface area contributed by atoms with Crippen LogP contribution in [0.3, 0.4) is 0 Å². The van der Waals surface area contributed by atoms with E-state index in [4.69, 9.17) is 4.74 Å². The second-order valence-corrected chi connectivity index (χ2v) is 8.78. The number of nitrogens with zero attached hydrogens (tertiary/aromatic N) is 1. The molecule has 156 valence electrons. The SMILES string of the molecule is CCCOc1ccc2ccccc2c1CN(C)C(=O)c1ccc(NC(=O)C2CC2)s1.